The van der Waals surface area contributed by atoms with Crippen LogP contribution in [0.3, 0.4) is 0 Å². The zero-order valence-electron chi connectivity index (χ0n) is 10.6. The Labute approximate surface area is 102 Å². The smallest absolute Gasteiger partial charge is 0.302 e. The second-order valence-corrected chi connectivity index (χ2v) is 4.86. The van der Waals surface area contributed by atoms with Crippen LogP contribution in [0.15, 0.2) is 11.6 Å². The number of carbonyl (C=O) groups is 1. The monoisotopic (exact) mass is 242 g/mol. The van der Waals surface area contributed by atoms with Crippen LogP contribution < -0.4 is 0 Å². The normalized spacial score (nSPS) is 30.1. The lowest BCUT2D eigenvalue weighted by Crippen LogP contribution is -2.31. The molecule has 1 saturated carbocycles. The summed E-state index contributed by atoms with van der Waals surface area (Å²) in [6, 6.07) is 0. The molecule has 0 radical (unpaired) electrons. The summed E-state index contributed by atoms with van der Waals surface area (Å²) in [4.78, 5) is 10.6. The average Bonchev–Trinajstić information content (AvgIpc) is 2.27. The molecule has 0 saturated heterocycles. The topological polar surface area (TPSA) is 66.8 Å². The maximum atomic E-state index is 10.6. The molecule has 0 aliphatic heterocycles. The Morgan fingerprint density at radius 1 is 1.35 bits per heavy atom. The van der Waals surface area contributed by atoms with Gasteiger partial charge in [-0.2, -0.15) is 0 Å². The van der Waals surface area contributed by atoms with Crippen LogP contribution in [-0.2, 0) is 9.53 Å². The van der Waals surface area contributed by atoms with Gasteiger partial charge in [0.15, 0.2) is 0 Å². The third kappa shape index (κ3) is 5.33. The minimum absolute atomic E-state index is 0.117. The number of ether oxygens (including phenoxy) is 1. The van der Waals surface area contributed by atoms with E-state index in [1.54, 1.807) is 0 Å². The zero-order chi connectivity index (χ0) is 12.8. The molecule has 1 fully saturated rings. The van der Waals surface area contributed by atoms with Gasteiger partial charge in [0.2, 0.25) is 0 Å². The zero-order valence-corrected chi connectivity index (χ0v) is 10.6. The number of allylic oxidation sites excluding steroid dienone is 1. The predicted octanol–water partition coefficient (Wildman–Crippen LogP) is 1.41. The molecule has 1 aliphatic carbocycles. The average molecular weight is 242 g/mol. The highest BCUT2D eigenvalue weighted by atomic mass is 16.5. The van der Waals surface area contributed by atoms with Gasteiger partial charge in [-0.1, -0.05) is 6.08 Å². The van der Waals surface area contributed by atoms with Gasteiger partial charge in [0, 0.05) is 6.92 Å². The van der Waals surface area contributed by atoms with Crippen molar-refractivity contribution in [1.82, 2.24) is 0 Å². The first-order chi connectivity index (χ1) is 7.99. The Morgan fingerprint density at radius 2 is 2.06 bits per heavy atom. The molecular weight excluding hydrogens is 220 g/mol. The summed E-state index contributed by atoms with van der Waals surface area (Å²) >= 11 is 0. The van der Waals surface area contributed by atoms with Gasteiger partial charge in [-0.05, 0) is 44.1 Å². The number of hydrogen-bond donors (Lipinski definition) is 2. The number of carbonyl (C=O) groups excluding carboxylic acids is 1. The predicted molar refractivity (Wildman–Crippen MR) is 64.4 cm³/mol. The minimum atomic E-state index is -0.323. The molecule has 4 nitrogen and oxygen atoms in total. The van der Waals surface area contributed by atoms with Crippen molar-refractivity contribution in [1.29, 1.82) is 0 Å². The SMILES string of the molecule is CC(=O)OC/C(C)=C/C[C@@H]1C[C@@H](O)CC[C@@H]1O. The van der Waals surface area contributed by atoms with E-state index in [1.165, 1.54) is 6.92 Å². The standard InChI is InChI=1S/C13H22O4/c1-9(8-17-10(2)14)3-4-11-7-12(15)5-6-13(11)16/h3,11-13,15-16H,4-8H2,1-2H3/b9-3+/t11-,12+,13+/m1/s1. The van der Waals surface area contributed by atoms with E-state index in [0.29, 0.717) is 25.9 Å². The molecule has 0 aromatic heterocycles. The van der Waals surface area contributed by atoms with Crippen LogP contribution in [0, 0.1) is 5.92 Å². The molecule has 0 heterocycles. The van der Waals surface area contributed by atoms with Crippen molar-refractivity contribution in [2.24, 2.45) is 5.92 Å². The van der Waals surface area contributed by atoms with Crippen molar-refractivity contribution in [2.45, 2.75) is 51.7 Å². The van der Waals surface area contributed by atoms with Crippen LogP contribution >= 0.6 is 0 Å². The number of aliphatic hydroxyl groups is 2. The molecule has 98 valence electrons. The molecule has 0 amide bonds. The molecule has 0 aromatic rings. The molecule has 1 rings (SSSR count). The molecule has 0 unspecified atom stereocenters. The second-order valence-electron chi connectivity index (χ2n) is 4.86. The number of aliphatic hydroxyl groups excluding tert-OH is 2. The van der Waals surface area contributed by atoms with Crippen LogP contribution in [0.25, 0.3) is 0 Å². The van der Waals surface area contributed by atoms with Crippen LogP contribution in [-0.4, -0.2) is 35.0 Å². The first kappa shape index (κ1) is 14.2. The van der Waals surface area contributed by atoms with E-state index in [0.717, 1.165) is 12.0 Å². The van der Waals surface area contributed by atoms with Gasteiger partial charge in [-0.3, -0.25) is 4.79 Å². The summed E-state index contributed by atoms with van der Waals surface area (Å²) in [5, 5.41) is 19.3. The summed E-state index contributed by atoms with van der Waals surface area (Å²) in [5.74, 6) is -0.170. The van der Waals surface area contributed by atoms with Gasteiger partial charge in [-0.25, -0.2) is 0 Å². The summed E-state index contributed by atoms with van der Waals surface area (Å²) in [7, 11) is 0. The van der Waals surface area contributed by atoms with E-state index in [1.807, 2.05) is 13.0 Å². The Balaban J connectivity index is 2.36. The van der Waals surface area contributed by atoms with Crippen molar-refractivity contribution >= 4 is 5.97 Å². The Bertz CT molecular complexity index is 285. The quantitative estimate of drug-likeness (QED) is 0.578. The molecular formula is C13H22O4. The molecule has 1 aliphatic rings. The van der Waals surface area contributed by atoms with Crippen LogP contribution in [0.5, 0.6) is 0 Å². The van der Waals surface area contributed by atoms with Crippen LogP contribution in [0.2, 0.25) is 0 Å². The van der Waals surface area contributed by atoms with E-state index >= 15 is 0 Å². The number of esters is 1. The fraction of sp³-hybridized carbons (Fsp3) is 0.769. The lowest BCUT2D eigenvalue weighted by Gasteiger charge is -2.30. The third-order valence-corrected chi connectivity index (χ3v) is 3.19. The number of hydrogen-bond acceptors (Lipinski definition) is 4. The summed E-state index contributed by atoms with van der Waals surface area (Å²) in [6.07, 6.45) is 4.11. The molecule has 2 N–H and O–H groups in total. The molecule has 0 aromatic carbocycles. The highest BCUT2D eigenvalue weighted by Gasteiger charge is 2.27. The van der Waals surface area contributed by atoms with Crippen LogP contribution in [0.1, 0.15) is 39.5 Å². The van der Waals surface area contributed by atoms with E-state index in [-0.39, 0.29) is 24.1 Å². The van der Waals surface area contributed by atoms with Gasteiger partial charge in [0.1, 0.15) is 6.61 Å². The maximum absolute atomic E-state index is 10.6. The van der Waals surface area contributed by atoms with Gasteiger partial charge >= 0.3 is 5.97 Å². The van der Waals surface area contributed by atoms with Gasteiger partial charge < -0.3 is 14.9 Å². The molecule has 4 heteroatoms. The molecule has 0 bridgehead atoms. The Morgan fingerprint density at radius 3 is 2.71 bits per heavy atom. The van der Waals surface area contributed by atoms with Crippen molar-refractivity contribution < 1.29 is 19.7 Å². The van der Waals surface area contributed by atoms with Crippen molar-refractivity contribution in [2.75, 3.05) is 6.61 Å². The Hall–Kier alpha value is -0.870. The van der Waals surface area contributed by atoms with Crippen molar-refractivity contribution in [3.63, 3.8) is 0 Å². The largest absolute Gasteiger partial charge is 0.461 e. The number of rotatable bonds is 4. The van der Waals surface area contributed by atoms with Crippen molar-refractivity contribution in [3.8, 4) is 0 Å². The lowest BCUT2D eigenvalue weighted by atomic mass is 9.82. The van der Waals surface area contributed by atoms with E-state index in [2.05, 4.69) is 0 Å². The van der Waals surface area contributed by atoms with E-state index in [9.17, 15) is 15.0 Å². The van der Waals surface area contributed by atoms with Crippen molar-refractivity contribution in [3.05, 3.63) is 11.6 Å². The first-order valence-electron chi connectivity index (χ1n) is 6.14. The van der Waals surface area contributed by atoms with Gasteiger partial charge in [0.05, 0.1) is 12.2 Å². The minimum Gasteiger partial charge on any atom is -0.461 e. The second kappa shape index (κ2) is 6.77. The lowest BCUT2D eigenvalue weighted by molar-refractivity contribution is -0.139. The maximum Gasteiger partial charge on any atom is 0.302 e. The molecule has 17 heavy (non-hydrogen) atoms. The summed E-state index contributed by atoms with van der Waals surface area (Å²) in [6.45, 7) is 3.59. The fourth-order valence-corrected chi connectivity index (χ4v) is 2.10. The van der Waals surface area contributed by atoms with Gasteiger partial charge in [-0.15, -0.1) is 0 Å². The fourth-order valence-electron chi connectivity index (χ4n) is 2.10. The summed E-state index contributed by atoms with van der Waals surface area (Å²) < 4.78 is 4.87. The first-order valence-corrected chi connectivity index (χ1v) is 6.14. The third-order valence-electron chi connectivity index (χ3n) is 3.19. The highest BCUT2D eigenvalue weighted by Crippen LogP contribution is 2.28. The van der Waals surface area contributed by atoms with Gasteiger partial charge in [0.25, 0.3) is 0 Å². The van der Waals surface area contributed by atoms with E-state index in [4.69, 9.17) is 4.74 Å². The summed E-state index contributed by atoms with van der Waals surface area (Å²) in [5.41, 5.74) is 0.979. The highest BCUT2D eigenvalue weighted by molar-refractivity contribution is 5.66. The van der Waals surface area contributed by atoms with E-state index < -0.39 is 0 Å². The Kier molecular flexibility index (Phi) is 5.65. The van der Waals surface area contributed by atoms with Crippen LogP contribution in [0.4, 0.5) is 0 Å². The molecule has 0 spiro atoms. The molecule has 3 atom stereocenters.